The normalized spacial score (nSPS) is 14.4. The van der Waals surface area contributed by atoms with Crippen LogP contribution in [-0.4, -0.2) is 39.0 Å². The molecule has 0 saturated carbocycles. The minimum atomic E-state index is -1.26. The summed E-state index contributed by atoms with van der Waals surface area (Å²) in [5.74, 6) is -0.571. The average molecular weight is 261 g/mol. The van der Waals surface area contributed by atoms with Crippen LogP contribution in [0.3, 0.4) is 0 Å². The fourth-order valence-corrected chi connectivity index (χ4v) is 2.05. The zero-order chi connectivity index (χ0) is 12.8. The van der Waals surface area contributed by atoms with Crippen LogP contribution in [0.2, 0.25) is 0 Å². The lowest BCUT2D eigenvalue weighted by atomic mass is 10.1. The van der Waals surface area contributed by atoms with E-state index in [4.69, 9.17) is 5.11 Å². The highest BCUT2D eigenvalue weighted by Gasteiger charge is 2.24. The molecule has 0 radical (unpaired) electrons. The lowest BCUT2D eigenvalue weighted by Crippen LogP contribution is -2.23. The van der Waals surface area contributed by atoms with Crippen LogP contribution in [0.5, 0.6) is 0 Å². The Balaban J connectivity index is 2.56. The van der Waals surface area contributed by atoms with Crippen molar-refractivity contribution >= 4 is 17.3 Å². The quantitative estimate of drug-likeness (QED) is 0.622. The Bertz CT molecular complexity index is 367. The molecule has 0 saturated heterocycles. The molecule has 0 aliphatic rings. The Morgan fingerprint density at radius 1 is 1.59 bits per heavy atom. The number of thiazole rings is 1. The standard InChI is InChI=1S/C10H15NO5S/c1-2-16-8(14)3-7(13)9(15)10-11-6(4-12)5-17-10/h5,7,9,12-13,15H,2-4H2,1H3. The zero-order valence-electron chi connectivity index (χ0n) is 9.37. The van der Waals surface area contributed by atoms with Gasteiger partial charge in [0.05, 0.1) is 31.4 Å². The second-order valence-corrected chi connectivity index (χ2v) is 4.25. The lowest BCUT2D eigenvalue weighted by Gasteiger charge is -2.14. The molecule has 96 valence electrons. The van der Waals surface area contributed by atoms with Crippen LogP contribution in [-0.2, 0) is 16.1 Å². The highest BCUT2D eigenvalue weighted by atomic mass is 32.1. The van der Waals surface area contributed by atoms with E-state index in [9.17, 15) is 15.0 Å². The van der Waals surface area contributed by atoms with Gasteiger partial charge in [-0.3, -0.25) is 4.79 Å². The van der Waals surface area contributed by atoms with E-state index < -0.39 is 18.2 Å². The minimum Gasteiger partial charge on any atom is -0.466 e. The van der Waals surface area contributed by atoms with Crippen molar-refractivity contribution in [2.24, 2.45) is 0 Å². The summed E-state index contributed by atoms with van der Waals surface area (Å²) in [4.78, 5) is 15.0. The second-order valence-electron chi connectivity index (χ2n) is 3.36. The third-order valence-electron chi connectivity index (χ3n) is 2.03. The predicted octanol–water partition coefficient (Wildman–Crippen LogP) is -0.0171. The van der Waals surface area contributed by atoms with Crippen LogP contribution in [0, 0.1) is 0 Å². The molecule has 1 heterocycles. The number of rotatable bonds is 6. The van der Waals surface area contributed by atoms with Crippen LogP contribution in [0.4, 0.5) is 0 Å². The Hall–Kier alpha value is -1.02. The molecular formula is C10H15NO5S. The number of esters is 1. The number of aliphatic hydroxyl groups excluding tert-OH is 3. The summed E-state index contributed by atoms with van der Waals surface area (Å²) in [6.45, 7) is 1.67. The molecule has 0 amide bonds. The van der Waals surface area contributed by atoms with Crippen molar-refractivity contribution in [2.45, 2.75) is 32.2 Å². The van der Waals surface area contributed by atoms with Crippen LogP contribution in [0.15, 0.2) is 5.38 Å². The van der Waals surface area contributed by atoms with E-state index in [1.165, 1.54) is 0 Å². The molecule has 0 aromatic carbocycles. The van der Waals surface area contributed by atoms with E-state index in [2.05, 4.69) is 9.72 Å². The van der Waals surface area contributed by atoms with E-state index >= 15 is 0 Å². The topological polar surface area (TPSA) is 99.9 Å². The monoisotopic (exact) mass is 261 g/mol. The SMILES string of the molecule is CCOC(=O)CC(O)C(O)c1nc(CO)cs1. The smallest absolute Gasteiger partial charge is 0.308 e. The molecule has 0 fully saturated rings. The molecule has 0 bridgehead atoms. The Morgan fingerprint density at radius 3 is 2.82 bits per heavy atom. The number of aromatic nitrogens is 1. The van der Waals surface area contributed by atoms with Crippen LogP contribution >= 0.6 is 11.3 Å². The third-order valence-corrected chi connectivity index (χ3v) is 2.99. The van der Waals surface area contributed by atoms with Crippen molar-refractivity contribution in [3.63, 3.8) is 0 Å². The van der Waals surface area contributed by atoms with Gasteiger partial charge in [0.15, 0.2) is 0 Å². The fraction of sp³-hybridized carbons (Fsp3) is 0.600. The first-order valence-electron chi connectivity index (χ1n) is 5.15. The second kappa shape index (κ2) is 6.65. The maximum Gasteiger partial charge on any atom is 0.308 e. The fourth-order valence-electron chi connectivity index (χ4n) is 1.20. The molecule has 2 atom stereocenters. The number of carbonyl (C=O) groups is 1. The summed E-state index contributed by atoms with van der Waals surface area (Å²) in [5.41, 5.74) is 0.424. The van der Waals surface area contributed by atoms with Gasteiger partial charge in [0.2, 0.25) is 0 Å². The van der Waals surface area contributed by atoms with Crippen molar-refractivity contribution in [2.75, 3.05) is 6.61 Å². The molecule has 6 nitrogen and oxygen atoms in total. The molecule has 1 rings (SSSR count). The van der Waals surface area contributed by atoms with Gasteiger partial charge in [-0.2, -0.15) is 0 Å². The van der Waals surface area contributed by atoms with E-state index in [-0.39, 0.29) is 24.6 Å². The van der Waals surface area contributed by atoms with Gasteiger partial charge in [-0.25, -0.2) is 4.98 Å². The molecule has 0 spiro atoms. The molecule has 7 heteroatoms. The van der Waals surface area contributed by atoms with Gasteiger partial charge in [-0.1, -0.05) is 0 Å². The summed E-state index contributed by atoms with van der Waals surface area (Å²) >= 11 is 1.12. The van der Waals surface area contributed by atoms with E-state index in [1.807, 2.05) is 0 Å². The summed E-state index contributed by atoms with van der Waals surface area (Å²) in [7, 11) is 0. The number of hydrogen-bond acceptors (Lipinski definition) is 7. The van der Waals surface area contributed by atoms with Crippen LogP contribution in [0.25, 0.3) is 0 Å². The van der Waals surface area contributed by atoms with E-state index in [0.717, 1.165) is 11.3 Å². The molecule has 3 N–H and O–H groups in total. The van der Waals surface area contributed by atoms with Crippen molar-refractivity contribution in [1.82, 2.24) is 4.98 Å². The van der Waals surface area contributed by atoms with Crippen molar-refractivity contribution in [3.05, 3.63) is 16.1 Å². The van der Waals surface area contributed by atoms with Crippen LogP contribution in [0.1, 0.15) is 30.2 Å². The molecular weight excluding hydrogens is 246 g/mol. The first-order valence-corrected chi connectivity index (χ1v) is 6.03. The van der Waals surface area contributed by atoms with Gasteiger partial charge in [0.25, 0.3) is 0 Å². The van der Waals surface area contributed by atoms with Gasteiger partial charge in [0.1, 0.15) is 11.1 Å². The van der Waals surface area contributed by atoms with Crippen molar-refractivity contribution < 1.29 is 24.9 Å². The number of nitrogens with zero attached hydrogens (tertiary/aromatic N) is 1. The number of hydrogen-bond donors (Lipinski definition) is 3. The summed E-state index contributed by atoms with van der Waals surface area (Å²) in [6.07, 6.45) is -2.79. The maximum atomic E-state index is 11.1. The highest BCUT2D eigenvalue weighted by Crippen LogP contribution is 2.23. The zero-order valence-corrected chi connectivity index (χ0v) is 10.2. The summed E-state index contributed by atoms with van der Waals surface area (Å²) in [6, 6.07) is 0. The summed E-state index contributed by atoms with van der Waals surface area (Å²) < 4.78 is 4.66. The molecule has 1 aromatic rings. The Labute approximate surface area is 103 Å². The number of ether oxygens (including phenoxy) is 1. The van der Waals surface area contributed by atoms with Crippen molar-refractivity contribution in [1.29, 1.82) is 0 Å². The van der Waals surface area contributed by atoms with E-state index in [1.54, 1.807) is 12.3 Å². The van der Waals surface area contributed by atoms with Crippen LogP contribution < -0.4 is 0 Å². The molecule has 17 heavy (non-hydrogen) atoms. The minimum absolute atomic E-state index is 0.225. The van der Waals surface area contributed by atoms with Gasteiger partial charge in [-0.05, 0) is 6.92 Å². The average Bonchev–Trinajstić information content (AvgIpc) is 2.76. The highest BCUT2D eigenvalue weighted by molar-refractivity contribution is 7.09. The Morgan fingerprint density at radius 2 is 2.29 bits per heavy atom. The van der Waals surface area contributed by atoms with E-state index in [0.29, 0.717) is 5.69 Å². The number of aliphatic hydroxyl groups is 3. The maximum absolute atomic E-state index is 11.1. The lowest BCUT2D eigenvalue weighted by molar-refractivity contribution is -0.147. The first-order chi connectivity index (χ1) is 8.08. The molecule has 0 aliphatic carbocycles. The molecule has 0 aliphatic heterocycles. The first kappa shape index (κ1) is 14.0. The van der Waals surface area contributed by atoms with Gasteiger partial charge >= 0.3 is 5.97 Å². The largest absolute Gasteiger partial charge is 0.466 e. The molecule has 1 aromatic heterocycles. The summed E-state index contributed by atoms with van der Waals surface area (Å²) in [5, 5.41) is 30.0. The Kier molecular flexibility index (Phi) is 5.49. The van der Waals surface area contributed by atoms with Gasteiger partial charge in [0, 0.05) is 5.38 Å². The number of carbonyl (C=O) groups excluding carboxylic acids is 1. The van der Waals surface area contributed by atoms with Gasteiger partial charge < -0.3 is 20.1 Å². The molecule has 2 unspecified atom stereocenters. The van der Waals surface area contributed by atoms with Crippen molar-refractivity contribution in [3.8, 4) is 0 Å². The predicted molar refractivity (Wildman–Crippen MR) is 60.3 cm³/mol. The van der Waals surface area contributed by atoms with Gasteiger partial charge in [-0.15, -0.1) is 11.3 Å². The third kappa shape index (κ3) is 4.04.